The molecule has 2 heterocycles. The fourth-order valence-electron chi connectivity index (χ4n) is 3.24. The third-order valence-electron chi connectivity index (χ3n) is 4.52. The smallest absolute Gasteiger partial charge is 0.227 e. The normalized spacial score (nSPS) is 24.4. The highest BCUT2D eigenvalue weighted by Gasteiger charge is 2.25. The van der Waals surface area contributed by atoms with Gasteiger partial charge in [0.05, 0.1) is 6.10 Å². The van der Waals surface area contributed by atoms with Crippen molar-refractivity contribution in [3.05, 3.63) is 29.3 Å². The number of aliphatic hydroxyl groups is 1. The van der Waals surface area contributed by atoms with Crippen molar-refractivity contribution in [3.8, 4) is 0 Å². The van der Waals surface area contributed by atoms with Gasteiger partial charge in [-0.3, -0.25) is 4.79 Å². The monoisotopic (exact) mass is 274 g/mol. The van der Waals surface area contributed by atoms with E-state index in [0.717, 1.165) is 30.6 Å². The number of carbonyl (C=O) groups is 1. The summed E-state index contributed by atoms with van der Waals surface area (Å²) in [5.41, 5.74) is 3.11. The van der Waals surface area contributed by atoms with Gasteiger partial charge in [0.15, 0.2) is 0 Å². The number of anilines is 1. The Morgan fingerprint density at radius 1 is 1.35 bits per heavy atom. The molecule has 0 saturated carbocycles. The van der Waals surface area contributed by atoms with Crippen LogP contribution in [0.15, 0.2) is 18.2 Å². The highest BCUT2D eigenvalue weighted by atomic mass is 16.3. The lowest BCUT2D eigenvalue weighted by Gasteiger charge is -2.30. The number of hydrogen-bond donors (Lipinski definition) is 2. The van der Waals surface area contributed by atoms with E-state index < -0.39 is 6.10 Å². The molecule has 2 unspecified atom stereocenters. The topological polar surface area (TPSA) is 52.6 Å². The molecular formula is C16H22N2O2. The summed E-state index contributed by atoms with van der Waals surface area (Å²) in [6.07, 6.45) is 4.28. The Kier molecular flexibility index (Phi) is 3.76. The second-order valence-corrected chi connectivity index (χ2v) is 5.84. The third-order valence-corrected chi connectivity index (χ3v) is 4.52. The van der Waals surface area contributed by atoms with E-state index in [9.17, 15) is 9.90 Å². The van der Waals surface area contributed by atoms with Crippen LogP contribution in [0.25, 0.3) is 0 Å². The molecule has 108 valence electrons. The van der Waals surface area contributed by atoms with Gasteiger partial charge in [-0.25, -0.2) is 0 Å². The van der Waals surface area contributed by atoms with Crippen molar-refractivity contribution in [1.82, 2.24) is 5.32 Å². The minimum Gasteiger partial charge on any atom is -0.387 e. The first-order chi connectivity index (χ1) is 9.66. The molecule has 1 fully saturated rings. The second-order valence-electron chi connectivity index (χ2n) is 5.84. The number of nitrogens with zero attached hydrogens (tertiary/aromatic N) is 1. The van der Waals surface area contributed by atoms with Crippen LogP contribution in [-0.2, 0) is 11.2 Å². The summed E-state index contributed by atoms with van der Waals surface area (Å²) in [6, 6.07) is 6.15. The number of carbonyl (C=O) groups excluding carboxylic acids is 1. The number of piperidine rings is 1. The zero-order valence-corrected chi connectivity index (χ0v) is 11.9. The average molecular weight is 274 g/mol. The summed E-state index contributed by atoms with van der Waals surface area (Å²) < 4.78 is 0. The van der Waals surface area contributed by atoms with Crippen molar-refractivity contribution in [3.63, 3.8) is 0 Å². The molecule has 1 aromatic rings. The molecule has 0 aliphatic carbocycles. The van der Waals surface area contributed by atoms with Crippen molar-refractivity contribution in [1.29, 1.82) is 0 Å². The Labute approximate surface area is 119 Å². The first-order valence-corrected chi connectivity index (χ1v) is 7.47. The van der Waals surface area contributed by atoms with E-state index in [1.54, 1.807) is 4.90 Å². The van der Waals surface area contributed by atoms with E-state index in [1.807, 2.05) is 19.2 Å². The minimum atomic E-state index is -0.455. The van der Waals surface area contributed by atoms with E-state index in [0.29, 0.717) is 6.42 Å². The zero-order valence-electron chi connectivity index (χ0n) is 11.9. The van der Waals surface area contributed by atoms with Crippen LogP contribution >= 0.6 is 0 Å². The SMILES string of the molecule is CN1C(=O)CCc2cc(C(O)C3CCCCN3)ccc21. The minimum absolute atomic E-state index is 0.157. The lowest BCUT2D eigenvalue weighted by molar-refractivity contribution is -0.118. The number of fused-ring (bicyclic) bond motifs is 1. The van der Waals surface area contributed by atoms with Gasteiger partial charge in [0.1, 0.15) is 0 Å². The van der Waals surface area contributed by atoms with Gasteiger partial charge in [0.25, 0.3) is 0 Å². The molecule has 0 bridgehead atoms. The molecule has 0 radical (unpaired) electrons. The summed E-state index contributed by atoms with van der Waals surface area (Å²) in [6.45, 7) is 0.990. The van der Waals surface area contributed by atoms with Crippen LogP contribution in [0.5, 0.6) is 0 Å². The van der Waals surface area contributed by atoms with E-state index in [-0.39, 0.29) is 11.9 Å². The molecule has 2 aliphatic rings. The van der Waals surface area contributed by atoms with Gasteiger partial charge in [-0.1, -0.05) is 18.6 Å². The Hall–Kier alpha value is -1.39. The molecule has 1 saturated heterocycles. The lowest BCUT2D eigenvalue weighted by Crippen LogP contribution is -2.39. The molecular weight excluding hydrogens is 252 g/mol. The van der Waals surface area contributed by atoms with E-state index in [4.69, 9.17) is 0 Å². The number of aryl methyl sites for hydroxylation is 1. The summed E-state index contributed by atoms with van der Waals surface area (Å²) in [7, 11) is 1.82. The van der Waals surface area contributed by atoms with Crippen LogP contribution in [-0.4, -0.2) is 30.6 Å². The van der Waals surface area contributed by atoms with Crippen molar-refractivity contribution in [2.75, 3.05) is 18.5 Å². The van der Waals surface area contributed by atoms with E-state index >= 15 is 0 Å². The molecule has 3 rings (SSSR count). The van der Waals surface area contributed by atoms with Crippen molar-refractivity contribution in [2.45, 2.75) is 44.2 Å². The van der Waals surface area contributed by atoms with Gasteiger partial charge in [0, 0.05) is 25.2 Å². The maximum Gasteiger partial charge on any atom is 0.227 e. The van der Waals surface area contributed by atoms with Crippen LogP contribution < -0.4 is 10.2 Å². The molecule has 2 atom stereocenters. The average Bonchev–Trinajstić information content (AvgIpc) is 2.51. The molecule has 1 aromatic carbocycles. The number of hydrogen-bond acceptors (Lipinski definition) is 3. The molecule has 20 heavy (non-hydrogen) atoms. The summed E-state index contributed by atoms with van der Waals surface area (Å²) in [5.74, 6) is 0.166. The van der Waals surface area contributed by atoms with Crippen LogP contribution in [0.4, 0.5) is 5.69 Å². The van der Waals surface area contributed by atoms with Crippen LogP contribution in [0.3, 0.4) is 0 Å². The van der Waals surface area contributed by atoms with Gasteiger partial charge < -0.3 is 15.3 Å². The summed E-state index contributed by atoms with van der Waals surface area (Å²) >= 11 is 0. The maximum atomic E-state index is 11.7. The molecule has 1 amide bonds. The maximum absolute atomic E-state index is 11.7. The Bertz CT molecular complexity index is 509. The van der Waals surface area contributed by atoms with Gasteiger partial charge in [-0.15, -0.1) is 0 Å². The molecule has 4 nitrogen and oxygen atoms in total. The molecule has 0 aromatic heterocycles. The van der Waals surface area contributed by atoms with Gasteiger partial charge >= 0.3 is 0 Å². The number of nitrogens with one attached hydrogen (secondary N) is 1. The van der Waals surface area contributed by atoms with Crippen LogP contribution in [0.2, 0.25) is 0 Å². The van der Waals surface area contributed by atoms with Gasteiger partial charge in [-0.2, -0.15) is 0 Å². The lowest BCUT2D eigenvalue weighted by atomic mass is 9.91. The standard InChI is InChI=1S/C16H22N2O2/c1-18-14-7-5-12(10-11(14)6-8-15(18)19)16(20)13-4-2-3-9-17-13/h5,7,10,13,16-17,20H,2-4,6,8-9H2,1H3. The first kappa shape index (κ1) is 13.6. The predicted octanol–water partition coefficient (Wildman–Crippen LogP) is 1.77. The number of amides is 1. The quantitative estimate of drug-likeness (QED) is 0.864. The first-order valence-electron chi connectivity index (χ1n) is 7.47. The largest absolute Gasteiger partial charge is 0.387 e. The molecule has 0 spiro atoms. The highest BCUT2D eigenvalue weighted by molar-refractivity contribution is 5.95. The molecule has 2 N–H and O–H groups in total. The fraction of sp³-hybridized carbons (Fsp3) is 0.562. The number of benzene rings is 1. The van der Waals surface area contributed by atoms with Crippen LogP contribution in [0, 0.1) is 0 Å². The Morgan fingerprint density at radius 2 is 2.20 bits per heavy atom. The fourth-order valence-corrected chi connectivity index (χ4v) is 3.24. The van der Waals surface area contributed by atoms with Gasteiger partial charge in [-0.05, 0) is 43.0 Å². The molecule has 2 aliphatic heterocycles. The highest BCUT2D eigenvalue weighted by Crippen LogP contribution is 2.31. The summed E-state index contributed by atoms with van der Waals surface area (Å²) in [4.78, 5) is 13.4. The number of rotatable bonds is 2. The second kappa shape index (κ2) is 5.54. The van der Waals surface area contributed by atoms with Gasteiger partial charge in [0.2, 0.25) is 5.91 Å². The molecule has 4 heteroatoms. The zero-order chi connectivity index (χ0) is 14.1. The Balaban J connectivity index is 1.83. The van der Waals surface area contributed by atoms with Crippen molar-refractivity contribution >= 4 is 11.6 Å². The van der Waals surface area contributed by atoms with Crippen molar-refractivity contribution < 1.29 is 9.90 Å². The predicted molar refractivity (Wildman–Crippen MR) is 78.8 cm³/mol. The number of aliphatic hydroxyl groups excluding tert-OH is 1. The Morgan fingerprint density at radius 3 is 2.95 bits per heavy atom. The van der Waals surface area contributed by atoms with E-state index in [1.165, 1.54) is 18.4 Å². The summed E-state index contributed by atoms with van der Waals surface area (Å²) in [5, 5.41) is 13.9. The third kappa shape index (κ3) is 2.45. The van der Waals surface area contributed by atoms with E-state index in [2.05, 4.69) is 11.4 Å². The van der Waals surface area contributed by atoms with Crippen LogP contribution in [0.1, 0.15) is 42.9 Å². The van der Waals surface area contributed by atoms with Crippen molar-refractivity contribution in [2.24, 2.45) is 0 Å².